The zero-order chi connectivity index (χ0) is 15.5. The Balaban J connectivity index is 1.61. The van der Waals surface area contributed by atoms with Gasteiger partial charge in [0, 0.05) is 38.3 Å². The molecule has 2 heterocycles. The van der Waals surface area contributed by atoms with Crippen LogP contribution in [0.1, 0.15) is 37.2 Å². The van der Waals surface area contributed by atoms with Crippen molar-refractivity contribution >= 4 is 5.69 Å². The lowest BCUT2D eigenvalue weighted by Gasteiger charge is -2.38. The van der Waals surface area contributed by atoms with Crippen molar-refractivity contribution in [3.05, 3.63) is 41.5 Å². The molecule has 1 aliphatic heterocycles. The highest BCUT2D eigenvalue weighted by molar-refractivity contribution is 5.48. The molecule has 1 aliphatic rings. The topological polar surface area (TPSA) is 45.4 Å². The summed E-state index contributed by atoms with van der Waals surface area (Å²) in [5.74, 6) is 1.53. The predicted molar refractivity (Wildman–Crippen MR) is 87.1 cm³/mol. The van der Waals surface area contributed by atoms with Gasteiger partial charge in [0.15, 0.2) is 5.82 Å². The number of anilines is 1. The van der Waals surface area contributed by atoms with Crippen LogP contribution in [-0.2, 0) is 6.42 Å². The second kappa shape index (κ2) is 6.48. The highest BCUT2D eigenvalue weighted by Crippen LogP contribution is 2.23. The second-order valence-electron chi connectivity index (χ2n) is 5.94. The number of hydrogen-bond donors (Lipinski definition) is 0. The van der Waals surface area contributed by atoms with Gasteiger partial charge < -0.3 is 9.42 Å². The zero-order valence-electron chi connectivity index (χ0n) is 13.6. The standard InChI is InChI=1S/C17H24N4O/c1-4-16-18-17(22-19-16)14(3)20-8-10-21(11-9-20)15-7-5-6-13(2)12-15/h5-7,12,14H,4,8-11H2,1-3H3/t14-/m1/s1. The Morgan fingerprint density at radius 1 is 1.23 bits per heavy atom. The Hall–Kier alpha value is -1.88. The van der Waals surface area contributed by atoms with Crippen LogP contribution in [-0.4, -0.2) is 41.2 Å². The van der Waals surface area contributed by atoms with E-state index in [1.807, 2.05) is 6.92 Å². The van der Waals surface area contributed by atoms with Gasteiger partial charge in [-0.15, -0.1) is 0 Å². The summed E-state index contributed by atoms with van der Waals surface area (Å²) in [6.45, 7) is 10.4. The third-order valence-electron chi connectivity index (χ3n) is 4.39. The number of aryl methyl sites for hydroxylation is 2. The van der Waals surface area contributed by atoms with E-state index in [9.17, 15) is 0 Å². The smallest absolute Gasteiger partial charge is 0.243 e. The normalized spacial score (nSPS) is 17.7. The van der Waals surface area contributed by atoms with Crippen molar-refractivity contribution in [2.45, 2.75) is 33.2 Å². The first kappa shape index (κ1) is 15.0. The molecule has 1 aromatic heterocycles. The lowest BCUT2D eigenvalue weighted by molar-refractivity contribution is 0.164. The maximum Gasteiger partial charge on any atom is 0.243 e. The summed E-state index contributed by atoms with van der Waals surface area (Å²) in [6, 6.07) is 8.91. The van der Waals surface area contributed by atoms with Gasteiger partial charge >= 0.3 is 0 Å². The largest absolute Gasteiger partial charge is 0.369 e. The molecule has 0 aliphatic carbocycles. The Kier molecular flexibility index (Phi) is 4.43. The lowest BCUT2D eigenvalue weighted by atomic mass is 10.1. The Morgan fingerprint density at radius 3 is 2.64 bits per heavy atom. The molecule has 22 heavy (non-hydrogen) atoms. The molecule has 2 aromatic rings. The fourth-order valence-electron chi connectivity index (χ4n) is 2.93. The molecule has 0 saturated carbocycles. The molecule has 5 heteroatoms. The molecule has 1 fully saturated rings. The molecule has 0 spiro atoms. The van der Waals surface area contributed by atoms with Crippen LogP contribution in [0.3, 0.4) is 0 Å². The Bertz CT molecular complexity index is 617. The highest BCUT2D eigenvalue weighted by Gasteiger charge is 2.25. The molecular weight excluding hydrogens is 276 g/mol. The van der Waals surface area contributed by atoms with Crippen LogP contribution in [0.25, 0.3) is 0 Å². The van der Waals surface area contributed by atoms with Crippen molar-refractivity contribution < 1.29 is 4.52 Å². The summed E-state index contributed by atoms with van der Waals surface area (Å²) in [7, 11) is 0. The molecule has 118 valence electrons. The van der Waals surface area contributed by atoms with Crippen molar-refractivity contribution in [2.75, 3.05) is 31.1 Å². The average Bonchev–Trinajstić information content (AvgIpc) is 3.03. The van der Waals surface area contributed by atoms with E-state index in [1.54, 1.807) is 0 Å². The quantitative estimate of drug-likeness (QED) is 0.869. The lowest BCUT2D eigenvalue weighted by Crippen LogP contribution is -2.47. The van der Waals surface area contributed by atoms with Gasteiger partial charge in [-0.25, -0.2) is 0 Å². The molecular formula is C17H24N4O. The Labute approximate surface area is 131 Å². The molecule has 1 atom stereocenters. The van der Waals surface area contributed by atoms with Crippen molar-refractivity contribution in [1.82, 2.24) is 15.0 Å². The van der Waals surface area contributed by atoms with Gasteiger partial charge in [-0.05, 0) is 31.5 Å². The first-order valence-electron chi connectivity index (χ1n) is 8.05. The number of nitrogens with zero attached hydrogens (tertiary/aromatic N) is 4. The molecule has 0 radical (unpaired) electrons. The fourth-order valence-corrected chi connectivity index (χ4v) is 2.93. The van der Waals surface area contributed by atoms with E-state index in [0.717, 1.165) is 44.3 Å². The third kappa shape index (κ3) is 3.14. The monoisotopic (exact) mass is 300 g/mol. The molecule has 1 saturated heterocycles. The second-order valence-corrected chi connectivity index (χ2v) is 5.94. The molecule has 3 rings (SSSR count). The molecule has 0 N–H and O–H groups in total. The highest BCUT2D eigenvalue weighted by atomic mass is 16.5. The molecule has 5 nitrogen and oxygen atoms in total. The first-order valence-corrected chi connectivity index (χ1v) is 8.05. The molecule has 0 unspecified atom stereocenters. The summed E-state index contributed by atoms with van der Waals surface area (Å²) >= 11 is 0. The van der Waals surface area contributed by atoms with E-state index in [2.05, 4.69) is 58.1 Å². The van der Waals surface area contributed by atoms with E-state index < -0.39 is 0 Å². The molecule has 0 amide bonds. The van der Waals surface area contributed by atoms with E-state index in [1.165, 1.54) is 11.3 Å². The maximum atomic E-state index is 5.38. The van der Waals surface area contributed by atoms with Crippen molar-refractivity contribution in [2.24, 2.45) is 0 Å². The van der Waals surface area contributed by atoms with Crippen LogP contribution in [0.15, 0.2) is 28.8 Å². The predicted octanol–water partition coefficient (Wildman–Crippen LogP) is 2.82. The van der Waals surface area contributed by atoms with Crippen LogP contribution < -0.4 is 4.90 Å². The number of benzene rings is 1. The third-order valence-corrected chi connectivity index (χ3v) is 4.39. The van der Waals surface area contributed by atoms with E-state index >= 15 is 0 Å². The average molecular weight is 300 g/mol. The van der Waals surface area contributed by atoms with E-state index in [-0.39, 0.29) is 6.04 Å². The summed E-state index contributed by atoms with van der Waals surface area (Å²) in [6.07, 6.45) is 0.817. The van der Waals surface area contributed by atoms with Crippen LogP contribution in [0.4, 0.5) is 5.69 Å². The van der Waals surface area contributed by atoms with Crippen LogP contribution in [0.2, 0.25) is 0 Å². The van der Waals surface area contributed by atoms with Crippen LogP contribution >= 0.6 is 0 Å². The number of rotatable bonds is 4. The minimum Gasteiger partial charge on any atom is -0.369 e. The molecule has 0 bridgehead atoms. The molecule has 1 aromatic carbocycles. The summed E-state index contributed by atoms with van der Waals surface area (Å²) in [5, 5.41) is 4.00. The van der Waals surface area contributed by atoms with Crippen molar-refractivity contribution in [3.63, 3.8) is 0 Å². The van der Waals surface area contributed by atoms with Gasteiger partial charge in [-0.2, -0.15) is 4.98 Å². The van der Waals surface area contributed by atoms with Crippen molar-refractivity contribution in [1.29, 1.82) is 0 Å². The van der Waals surface area contributed by atoms with E-state index in [4.69, 9.17) is 4.52 Å². The van der Waals surface area contributed by atoms with Gasteiger partial charge in [0.1, 0.15) is 0 Å². The number of aromatic nitrogens is 2. The van der Waals surface area contributed by atoms with Gasteiger partial charge in [0.2, 0.25) is 5.89 Å². The van der Waals surface area contributed by atoms with Gasteiger partial charge in [-0.1, -0.05) is 24.2 Å². The summed E-state index contributed by atoms with van der Waals surface area (Å²) < 4.78 is 5.38. The number of hydrogen-bond acceptors (Lipinski definition) is 5. The minimum atomic E-state index is 0.187. The zero-order valence-corrected chi connectivity index (χ0v) is 13.6. The maximum absolute atomic E-state index is 5.38. The van der Waals surface area contributed by atoms with Gasteiger partial charge in [0.05, 0.1) is 6.04 Å². The van der Waals surface area contributed by atoms with Crippen LogP contribution in [0.5, 0.6) is 0 Å². The van der Waals surface area contributed by atoms with Gasteiger partial charge in [-0.3, -0.25) is 4.90 Å². The van der Waals surface area contributed by atoms with Crippen molar-refractivity contribution in [3.8, 4) is 0 Å². The number of piperazine rings is 1. The minimum absolute atomic E-state index is 0.187. The SMILES string of the molecule is CCc1noc([C@@H](C)N2CCN(c3cccc(C)c3)CC2)n1. The first-order chi connectivity index (χ1) is 10.7. The van der Waals surface area contributed by atoms with Crippen LogP contribution in [0, 0.1) is 6.92 Å². The van der Waals surface area contributed by atoms with E-state index in [0.29, 0.717) is 0 Å². The fraction of sp³-hybridized carbons (Fsp3) is 0.529. The Morgan fingerprint density at radius 2 is 2.00 bits per heavy atom. The summed E-state index contributed by atoms with van der Waals surface area (Å²) in [5.41, 5.74) is 2.63. The van der Waals surface area contributed by atoms with Gasteiger partial charge in [0.25, 0.3) is 0 Å². The summed E-state index contributed by atoms with van der Waals surface area (Å²) in [4.78, 5) is 9.32.